The molecule has 0 atom stereocenters. The molecular weight excluding hydrogens is 1620 g/mol. The van der Waals surface area contributed by atoms with Crippen LogP contribution in [-0.4, -0.2) is 73.0 Å². The number of hydrogen-bond donors (Lipinski definition) is 0. The molecule has 0 N–H and O–H groups in total. The van der Waals surface area contributed by atoms with Gasteiger partial charge in [0, 0.05) is 37.1 Å². The molecule has 0 aliphatic heterocycles. The second kappa shape index (κ2) is 44.1. The van der Waals surface area contributed by atoms with Crippen molar-refractivity contribution in [3.8, 4) is 44.8 Å². The van der Waals surface area contributed by atoms with Gasteiger partial charge in [-0.25, -0.2) is 0 Å². The first kappa shape index (κ1) is 104. The molecule has 0 aliphatic rings. The fourth-order valence-electron chi connectivity index (χ4n) is 9.12. The van der Waals surface area contributed by atoms with Crippen LogP contribution in [0.2, 0.25) is 137 Å². The van der Waals surface area contributed by atoms with Crippen molar-refractivity contribution in [2.24, 2.45) is 10.8 Å². The summed E-state index contributed by atoms with van der Waals surface area (Å²) in [6.07, 6.45) is 2.12. The number of rotatable bonds is 8. The van der Waals surface area contributed by atoms with Crippen LogP contribution in [0.4, 0.5) is 5.82 Å². The van der Waals surface area contributed by atoms with Crippen LogP contribution in [0, 0.1) is 140 Å². The summed E-state index contributed by atoms with van der Waals surface area (Å²) >= 11 is 0. The average Bonchev–Trinajstić information content (AvgIpc) is 3.25. The van der Waals surface area contributed by atoms with Gasteiger partial charge < -0.3 is 56.1 Å². The van der Waals surface area contributed by atoms with E-state index in [9.17, 15) is 0 Å². The Morgan fingerprint density at radius 3 is 0.732 bits per heavy atom. The van der Waals surface area contributed by atoms with Gasteiger partial charge in [0.15, 0.2) is 0 Å². The van der Waals surface area contributed by atoms with Crippen LogP contribution in [0.5, 0.6) is 0 Å². The standard InChI is InChI=1S/C29H37N.C28H35N2.7C4H11Si.2Hf/c1-18-12-20(3)27(21(4)13-18)24-16-25(10-11-29(7,8)9)30-26(17-24)28-22(5)14-19(2)15-23(28)6;1-17-10-19(3)26(20(4)11-17)23-14-24(27-21(5)12-18(2)13-22(27)6)30-25(15-23)29-16-28(7,8)9;7*1-5(2,3)4;;/h12-17H,10-11H2,1-9H3;10-15H,16H2,1-9H3;7*1H2,2-4H3;;/q;8*-1;;+4. The van der Waals surface area contributed by atoms with Crippen molar-refractivity contribution >= 4 is 62.3 Å². The van der Waals surface area contributed by atoms with Crippen molar-refractivity contribution < 1.29 is 51.7 Å². The molecule has 0 saturated heterocycles. The molecule has 0 bridgehead atoms. The van der Waals surface area contributed by atoms with Crippen molar-refractivity contribution in [2.45, 2.75) is 275 Å². The maximum atomic E-state index is 5.16. The molecule has 0 fully saturated rings. The van der Waals surface area contributed by atoms with Crippen LogP contribution in [0.25, 0.3) is 50.1 Å². The van der Waals surface area contributed by atoms with Crippen molar-refractivity contribution in [1.29, 1.82) is 0 Å². The van der Waals surface area contributed by atoms with Gasteiger partial charge in [-0.2, -0.15) is 0 Å². The molecule has 544 valence electrons. The predicted octanol–water partition coefficient (Wildman–Crippen LogP) is 28.4. The molecule has 6 rings (SSSR count). The maximum absolute atomic E-state index is 5.16. The Morgan fingerprint density at radius 1 is 0.309 bits per heavy atom. The first-order chi connectivity index (χ1) is 41.9. The molecular formula is C85H149Hf2N3Si7-4. The molecule has 0 saturated carbocycles. The van der Waals surface area contributed by atoms with E-state index in [1.807, 2.05) is 0 Å². The second-order valence-corrected chi connectivity index (χ2v) is 74.1. The van der Waals surface area contributed by atoms with E-state index in [-0.39, 0.29) is 57.1 Å². The normalized spacial score (nSPS) is 11.6. The van der Waals surface area contributed by atoms with Crippen molar-refractivity contribution in [3.05, 3.63) is 196 Å². The minimum atomic E-state index is -0.861. The van der Waals surface area contributed by atoms with Crippen molar-refractivity contribution in [2.75, 3.05) is 6.54 Å². The Bertz CT molecular complexity index is 2680. The molecule has 3 nitrogen and oxygen atoms in total. The Morgan fingerprint density at radius 2 is 0.515 bits per heavy atom. The van der Waals surface area contributed by atoms with Crippen LogP contribution in [0.1, 0.15) is 120 Å². The number of hydrogen-bond acceptors (Lipinski definition) is 2. The Kier molecular flexibility index (Phi) is 47.3. The summed E-state index contributed by atoms with van der Waals surface area (Å²) in [5, 5.41) is 4.89. The van der Waals surface area contributed by atoms with Crippen LogP contribution in [0.15, 0.2) is 72.8 Å². The smallest absolute Gasteiger partial charge is 0.465 e. The van der Waals surface area contributed by atoms with Crippen LogP contribution >= 0.6 is 0 Å². The van der Waals surface area contributed by atoms with E-state index in [1.54, 1.807) is 0 Å². The fraction of sp³-hybridized carbons (Fsp3) is 0.518. The summed E-state index contributed by atoms with van der Waals surface area (Å²) in [7, 11) is -6.03. The Hall–Kier alpha value is -1.76. The number of nitrogens with zero attached hydrogens (tertiary/aromatic N) is 3. The molecule has 0 aliphatic carbocycles. The average molecular weight is 1770 g/mol. The van der Waals surface area contributed by atoms with Gasteiger partial charge in [-0.1, -0.05) is 268 Å². The van der Waals surface area contributed by atoms with Gasteiger partial charge in [-0.3, -0.25) is 4.98 Å². The Labute approximate surface area is 651 Å². The van der Waals surface area contributed by atoms with Crippen molar-refractivity contribution in [3.63, 3.8) is 0 Å². The van der Waals surface area contributed by atoms with Crippen molar-refractivity contribution in [1.82, 2.24) is 9.97 Å². The summed E-state index contributed by atoms with van der Waals surface area (Å²) in [4.78, 5) is 10.2. The summed E-state index contributed by atoms with van der Waals surface area (Å²) in [6.45, 7) is 114. The van der Waals surface area contributed by atoms with Gasteiger partial charge in [0.1, 0.15) is 0 Å². The molecule has 97 heavy (non-hydrogen) atoms. The zero-order valence-corrected chi connectivity index (χ0v) is 85.0. The van der Waals surface area contributed by atoms with E-state index in [4.69, 9.17) is 15.3 Å². The minimum absolute atomic E-state index is 0. The number of pyridine rings is 2. The molecule has 0 unspecified atom stereocenters. The second-order valence-electron chi connectivity index (χ2n) is 38.3. The first-order valence-electron chi connectivity index (χ1n) is 34.9. The zero-order valence-electron chi connectivity index (χ0n) is 70.8. The minimum Gasteiger partial charge on any atom is -0.465 e. The molecule has 0 spiro atoms. The van der Waals surface area contributed by atoms with E-state index in [2.05, 4.69) is 381 Å². The van der Waals surface area contributed by atoms with Gasteiger partial charge >= 0.3 is 25.8 Å². The van der Waals surface area contributed by atoms with E-state index in [0.717, 1.165) is 36.6 Å². The number of aromatic nitrogens is 2. The maximum Gasteiger partial charge on any atom is 4.00 e. The summed E-state index contributed by atoms with van der Waals surface area (Å²) in [5.74, 6) is 0.816. The fourth-order valence-corrected chi connectivity index (χ4v) is 9.12. The van der Waals surface area contributed by atoms with Gasteiger partial charge in [0.2, 0.25) is 0 Å². The van der Waals surface area contributed by atoms with E-state index in [1.165, 1.54) is 106 Å². The first-order valence-corrected chi connectivity index (χ1v) is 60.8. The molecule has 6 aromatic rings. The molecule has 2 aromatic heterocycles. The molecule has 0 amide bonds. The van der Waals surface area contributed by atoms with E-state index < -0.39 is 56.5 Å². The monoisotopic (exact) mass is 1770 g/mol. The molecule has 2 heterocycles. The molecule has 0 radical (unpaired) electrons. The third kappa shape index (κ3) is 61.4. The Balaban J connectivity index is -0.000000386. The summed E-state index contributed by atoms with van der Waals surface area (Å²) in [6, 6.07) is 27.1. The van der Waals surface area contributed by atoms with Crippen LogP contribution in [-0.2, 0) is 58.1 Å². The quantitative estimate of drug-likeness (QED) is 0.113. The van der Waals surface area contributed by atoms with Crippen LogP contribution in [0.3, 0.4) is 0 Å². The zero-order chi connectivity index (χ0) is 75.9. The largest absolute Gasteiger partial charge is 4.00 e. The molecule has 4 aromatic carbocycles. The van der Waals surface area contributed by atoms with E-state index in [0.29, 0.717) is 5.41 Å². The third-order valence-electron chi connectivity index (χ3n) is 11.3. The van der Waals surface area contributed by atoms with Gasteiger partial charge in [-0.15, -0.1) is 56.5 Å². The van der Waals surface area contributed by atoms with Gasteiger partial charge in [0.25, 0.3) is 0 Å². The van der Waals surface area contributed by atoms with E-state index >= 15 is 0 Å². The van der Waals surface area contributed by atoms with Gasteiger partial charge in [0.05, 0.1) is 5.69 Å². The summed E-state index contributed by atoms with van der Waals surface area (Å²) in [5.41, 5.74) is 27.0. The van der Waals surface area contributed by atoms with Gasteiger partial charge in [-0.05, 0) is 203 Å². The third-order valence-corrected chi connectivity index (χ3v) is 11.3. The number of aryl methyl sites for hydroxylation is 13. The SMILES string of the molecule is Cc1cc(C)c(-c2cc(CCC(C)(C)C)nc(-c3c(C)cc(C)cc3C)c2)c(C)c1.Cc1cc(C)c(-c2cc([N-]CC(C)(C)C)nc(-c3c(C)cc(C)cc3C)c2)c(C)c1.[CH2-][Si](C)(C)C.[CH2-][Si](C)(C)C.[CH2-][Si](C)(C)C.[CH2-][Si](C)(C)C.[CH2-][Si](C)(C)C.[CH2-][Si](C)(C)C.[CH2-][Si](C)(C)C.[Hf+4].[Hf]. The summed E-state index contributed by atoms with van der Waals surface area (Å²) < 4.78 is 0. The topological polar surface area (TPSA) is 39.9 Å². The van der Waals surface area contributed by atoms with Crippen LogP contribution < -0.4 is 0 Å². The number of benzene rings is 4. The molecule has 12 heteroatoms. The predicted molar refractivity (Wildman–Crippen MR) is 463 cm³/mol.